The molecule has 0 fully saturated rings. The highest BCUT2D eigenvalue weighted by Gasteiger charge is 2.25. The van der Waals surface area contributed by atoms with Crippen molar-refractivity contribution >= 4 is 8.56 Å². The lowest BCUT2D eigenvalue weighted by Gasteiger charge is -2.25. The minimum atomic E-state index is -1.88. The van der Waals surface area contributed by atoms with E-state index in [1.54, 1.807) is 0 Å². The van der Waals surface area contributed by atoms with Crippen molar-refractivity contribution in [1.82, 2.24) is 0 Å². The van der Waals surface area contributed by atoms with Crippen molar-refractivity contribution in [1.29, 1.82) is 0 Å². The molecule has 0 atom stereocenters. The average Bonchev–Trinajstić information content (AvgIpc) is 2.43. The fourth-order valence-corrected chi connectivity index (χ4v) is 3.62. The van der Waals surface area contributed by atoms with Crippen LogP contribution in [0.15, 0.2) is 0 Å². The summed E-state index contributed by atoms with van der Waals surface area (Å²) in [6, 6.07) is 0. The zero-order chi connectivity index (χ0) is 15.3. The molecule has 0 aliphatic carbocycles. The van der Waals surface area contributed by atoms with Crippen LogP contribution in [0.25, 0.3) is 0 Å². The maximum absolute atomic E-state index is 6.05. The van der Waals surface area contributed by atoms with E-state index in [2.05, 4.69) is 33.9 Å². The second kappa shape index (κ2) is 12.8. The van der Waals surface area contributed by atoms with Gasteiger partial charge in [-0.1, -0.05) is 72.1 Å². The Hall–Kier alpha value is 0.137. The minimum absolute atomic E-state index is 0.698. The fourth-order valence-electron chi connectivity index (χ4n) is 2.26. The third-order valence-corrected chi connectivity index (χ3v) is 5.78. The van der Waals surface area contributed by atoms with Crippen molar-refractivity contribution in [3.05, 3.63) is 0 Å². The smallest absolute Gasteiger partial charge is 0.331 e. The molecule has 0 aliphatic rings. The van der Waals surface area contributed by atoms with Crippen molar-refractivity contribution < 1.29 is 8.85 Å². The molecule has 20 heavy (non-hydrogen) atoms. The summed E-state index contributed by atoms with van der Waals surface area (Å²) in [7, 11) is -1.88. The topological polar surface area (TPSA) is 18.5 Å². The summed E-state index contributed by atoms with van der Waals surface area (Å²) < 4.78 is 12.1. The van der Waals surface area contributed by atoms with Crippen molar-refractivity contribution in [2.45, 2.75) is 91.7 Å². The largest absolute Gasteiger partial charge is 0.395 e. The highest BCUT2D eigenvalue weighted by Crippen LogP contribution is 2.14. The van der Waals surface area contributed by atoms with Crippen LogP contribution in [0.3, 0.4) is 0 Å². The Bertz CT molecular complexity index is 203. The van der Waals surface area contributed by atoms with Gasteiger partial charge in [0.2, 0.25) is 0 Å². The standard InChI is InChI=1S/C17H38O2Si/c1-6-9-10-11-12-13-14-15-18-20(4,5)19-16-17(7-2)8-3/h17H,6-16H2,1-5H3. The summed E-state index contributed by atoms with van der Waals surface area (Å²) >= 11 is 0. The van der Waals surface area contributed by atoms with E-state index in [1.807, 2.05) is 0 Å². The van der Waals surface area contributed by atoms with Crippen LogP contribution < -0.4 is 0 Å². The number of unbranched alkanes of at least 4 members (excludes halogenated alkanes) is 6. The SMILES string of the molecule is CCCCCCCCCO[Si](C)(C)OCC(CC)CC. The van der Waals surface area contributed by atoms with Crippen LogP contribution in [0.1, 0.15) is 78.6 Å². The molecular weight excluding hydrogens is 264 g/mol. The van der Waals surface area contributed by atoms with E-state index in [0.29, 0.717) is 5.92 Å². The second-order valence-electron chi connectivity index (χ2n) is 6.36. The van der Waals surface area contributed by atoms with Gasteiger partial charge in [-0.3, -0.25) is 0 Å². The average molecular weight is 303 g/mol. The van der Waals surface area contributed by atoms with Gasteiger partial charge in [-0.25, -0.2) is 0 Å². The van der Waals surface area contributed by atoms with Crippen LogP contribution in [0.5, 0.6) is 0 Å². The minimum Gasteiger partial charge on any atom is -0.395 e. The summed E-state index contributed by atoms with van der Waals surface area (Å²) in [6.45, 7) is 12.9. The first-order valence-electron chi connectivity index (χ1n) is 8.83. The molecule has 0 aliphatic heterocycles. The molecule has 3 heteroatoms. The summed E-state index contributed by atoms with van der Waals surface area (Å²) in [4.78, 5) is 0. The number of hydrogen-bond donors (Lipinski definition) is 0. The number of rotatable bonds is 14. The van der Waals surface area contributed by atoms with Crippen molar-refractivity contribution in [2.75, 3.05) is 13.2 Å². The first-order valence-corrected chi connectivity index (χ1v) is 11.6. The molecule has 0 saturated carbocycles. The lowest BCUT2D eigenvalue weighted by Crippen LogP contribution is -2.36. The van der Waals surface area contributed by atoms with E-state index in [1.165, 1.54) is 57.8 Å². The van der Waals surface area contributed by atoms with E-state index in [-0.39, 0.29) is 0 Å². The molecule has 0 heterocycles. The van der Waals surface area contributed by atoms with Crippen LogP contribution in [-0.4, -0.2) is 21.8 Å². The van der Waals surface area contributed by atoms with Crippen molar-refractivity contribution in [2.24, 2.45) is 5.92 Å². The predicted molar refractivity (Wildman–Crippen MR) is 91.5 cm³/mol. The Morgan fingerprint density at radius 1 is 0.750 bits per heavy atom. The lowest BCUT2D eigenvalue weighted by molar-refractivity contribution is 0.148. The van der Waals surface area contributed by atoms with E-state index in [4.69, 9.17) is 8.85 Å². The van der Waals surface area contributed by atoms with E-state index in [9.17, 15) is 0 Å². The summed E-state index contributed by atoms with van der Waals surface area (Å²) in [5.41, 5.74) is 0. The normalized spacial score (nSPS) is 12.3. The first kappa shape index (κ1) is 20.1. The second-order valence-corrected chi connectivity index (χ2v) is 9.74. The molecule has 0 radical (unpaired) electrons. The van der Waals surface area contributed by atoms with E-state index >= 15 is 0 Å². The van der Waals surface area contributed by atoms with Gasteiger partial charge >= 0.3 is 8.56 Å². The van der Waals surface area contributed by atoms with Crippen LogP contribution in [0, 0.1) is 5.92 Å². The van der Waals surface area contributed by atoms with Gasteiger partial charge in [0.05, 0.1) is 0 Å². The Labute approximate surface area is 128 Å². The van der Waals surface area contributed by atoms with Gasteiger partial charge in [0.25, 0.3) is 0 Å². The van der Waals surface area contributed by atoms with Gasteiger partial charge in [0.15, 0.2) is 0 Å². The summed E-state index contributed by atoms with van der Waals surface area (Å²) in [5, 5.41) is 0. The third-order valence-electron chi connectivity index (χ3n) is 4.02. The molecule has 0 aromatic rings. The highest BCUT2D eigenvalue weighted by molar-refractivity contribution is 6.64. The lowest BCUT2D eigenvalue weighted by atomic mass is 10.1. The van der Waals surface area contributed by atoms with Crippen LogP contribution in [0.4, 0.5) is 0 Å². The zero-order valence-corrected chi connectivity index (χ0v) is 15.7. The molecule has 0 aromatic heterocycles. The highest BCUT2D eigenvalue weighted by atomic mass is 28.4. The van der Waals surface area contributed by atoms with Crippen LogP contribution in [0.2, 0.25) is 13.1 Å². The van der Waals surface area contributed by atoms with Gasteiger partial charge < -0.3 is 8.85 Å². The van der Waals surface area contributed by atoms with Crippen molar-refractivity contribution in [3.63, 3.8) is 0 Å². The molecular formula is C17H38O2Si. The summed E-state index contributed by atoms with van der Waals surface area (Å²) in [5.74, 6) is 0.698. The monoisotopic (exact) mass is 302 g/mol. The molecule has 0 bridgehead atoms. The van der Waals surface area contributed by atoms with Gasteiger partial charge in [0.1, 0.15) is 0 Å². The van der Waals surface area contributed by atoms with Gasteiger partial charge in [-0.15, -0.1) is 0 Å². The molecule has 0 N–H and O–H groups in total. The first-order chi connectivity index (χ1) is 9.55. The maximum Gasteiger partial charge on any atom is 0.331 e. The molecule has 0 spiro atoms. The molecule has 0 unspecified atom stereocenters. The quantitative estimate of drug-likeness (QED) is 0.293. The van der Waals surface area contributed by atoms with E-state index < -0.39 is 8.56 Å². The molecule has 122 valence electrons. The zero-order valence-electron chi connectivity index (χ0n) is 14.7. The predicted octanol–water partition coefficient (Wildman–Crippen LogP) is 5.91. The van der Waals surface area contributed by atoms with Crippen LogP contribution in [-0.2, 0) is 8.85 Å². The van der Waals surface area contributed by atoms with Crippen LogP contribution >= 0.6 is 0 Å². The molecule has 2 nitrogen and oxygen atoms in total. The Morgan fingerprint density at radius 3 is 1.85 bits per heavy atom. The Kier molecular flexibility index (Phi) is 12.9. The number of hydrogen-bond acceptors (Lipinski definition) is 2. The van der Waals surface area contributed by atoms with Gasteiger partial charge in [0, 0.05) is 13.2 Å². The fraction of sp³-hybridized carbons (Fsp3) is 1.00. The van der Waals surface area contributed by atoms with Gasteiger partial charge in [-0.2, -0.15) is 0 Å². The van der Waals surface area contributed by atoms with Gasteiger partial charge in [-0.05, 0) is 25.4 Å². The van der Waals surface area contributed by atoms with E-state index in [0.717, 1.165) is 13.2 Å². The maximum atomic E-state index is 6.05. The molecule has 0 rings (SSSR count). The third kappa shape index (κ3) is 11.9. The Balaban J connectivity index is 3.51. The molecule has 0 saturated heterocycles. The van der Waals surface area contributed by atoms with Crippen molar-refractivity contribution in [3.8, 4) is 0 Å². The Morgan fingerprint density at radius 2 is 1.30 bits per heavy atom. The molecule has 0 aromatic carbocycles. The molecule has 0 amide bonds. The summed E-state index contributed by atoms with van der Waals surface area (Å²) in [6.07, 6.45) is 11.8.